The molecule has 0 saturated heterocycles. The van der Waals surface area contributed by atoms with Gasteiger partial charge in [0.25, 0.3) is 0 Å². The third-order valence-corrected chi connectivity index (χ3v) is 5.78. The Morgan fingerprint density at radius 2 is 1.82 bits per heavy atom. The van der Waals surface area contributed by atoms with E-state index in [4.69, 9.17) is 8.83 Å². The number of benzene rings is 3. The van der Waals surface area contributed by atoms with E-state index >= 15 is 0 Å². The van der Waals surface area contributed by atoms with E-state index in [-0.39, 0.29) is 17.0 Å². The van der Waals surface area contributed by atoms with Crippen molar-refractivity contribution in [2.45, 2.75) is 26.8 Å². The Morgan fingerprint density at radius 3 is 2.62 bits per heavy atom. The Kier molecular flexibility index (Phi) is 5.17. The summed E-state index contributed by atoms with van der Waals surface area (Å²) in [4.78, 5) is 29.1. The van der Waals surface area contributed by atoms with Crippen LogP contribution in [0, 0.1) is 13.8 Å². The lowest BCUT2D eigenvalue weighted by molar-refractivity contribution is 0.0698. The maximum Gasteiger partial charge on any atom is 0.337 e. The van der Waals surface area contributed by atoms with Crippen LogP contribution in [0.2, 0.25) is 0 Å². The number of rotatable bonds is 5. The van der Waals surface area contributed by atoms with E-state index < -0.39 is 5.97 Å². The van der Waals surface area contributed by atoms with Crippen LogP contribution in [0.1, 0.15) is 40.3 Å². The third-order valence-electron chi connectivity index (χ3n) is 5.78. The number of oxazole rings is 1. The zero-order valence-corrected chi connectivity index (χ0v) is 18.9. The van der Waals surface area contributed by atoms with Gasteiger partial charge in [0.15, 0.2) is 16.9 Å². The number of para-hydroxylation sites is 1. The number of carboxylic acid groups (broad SMARTS) is 1. The van der Waals surface area contributed by atoms with Gasteiger partial charge < -0.3 is 19.3 Å². The number of hydrogen-bond acceptors (Lipinski definition) is 6. The number of carbonyl (C=O) groups is 1. The second kappa shape index (κ2) is 8.19. The fourth-order valence-corrected chi connectivity index (χ4v) is 4.20. The van der Waals surface area contributed by atoms with Crippen molar-refractivity contribution in [2.75, 3.05) is 5.32 Å². The number of aromatic carboxylic acids is 1. The number of carboxylic acids is 1. The van der Waals surface area contributed by atoms with Crippen LogP contribution in [-0.4, -0.2) is 16.1 Å². The van der Waals surface area contributed by atoms with Crippen LogP contribution < -0.4 is 10.7 Å². The standard InChI is InChI=1S/C27H22N2O5/c1-14-10-19(15(2)28-21-7-5-4-6-18(21)27(31)32)26-20(11-14)23(30)13-25(34-26)17-8-9-24-22(12-17)29-16(3)33-24/h4-13,15,28H,1-3H3,(H,31,32). The van der Waals surface area contributed by atoms with Crippen LogP contribution >= 0.6 is 0 Å². The molecule has 0 spiro atoms. The minimum atomic E-state index is -1.02. The average Bonchev–Trinajstić information content (AvgIpc) is 3.18. The highest BCUT2D eigenvalue weighted by Gasteiger charge is 2.18. The van der Waals surface area contributed by atoms with Gasteiger partial charge >= 0.3 is 5.97 Å². The van der Waals surface area contributed by atoms with Gasteiger partial charge in [0.05, 0.1) is 17.0 Å². The van der Waals surface area contributed by atoms with Crippen LogP contribution in [-0.2, 0) is 0 Å². The Bertz CT molecular complexity index is 1630. The second-order valence-corrected chi connectivity index (χ2v) is 8.34. The van der Waals surface area contributed by atoms with Gasteiger partial charge in [-0.15, -0.1) is 0 Å². The van der Waals surface area contributed by atoms with Gasteiger partial charge in [0.1, 0.15) is 16.9 Å². The molecule has 34 heavy (non-hydrogen) atoms. The lowest BCUT2D eigenvalue weighted by atomic mass is 10.00. The van der Waals surface area contributed by atoms with Crippen LogP contribution in [0.4, 0.5) is 5.69 Å². The molecule has 1 atom stereocenters. The van der Waals surface area contributed by atoms with Crippen molar-refractivity contribution in [3.8, 4) is 11.3 Å². The minimum Gasteiger partial charge on any atom is -0.478 e. The maximum atomic E-state index is 13.1. The lowest BCUT2D eigenvalue weighted by Gasteiger charge is -2.19. The van der Waals surface area contributed by atoms with E-state index in [2.05, 4.69) is 10.3 Å². The van der Waals surface area contributed by atoms with E-state index in [9.17, 15) is 14.7 Å². The number of hydrogen-bond donors (Lipinski definition) is 2. The normalized spacial score (nSPS) is 12.2. The van der Waals surface area contributed by atoms with Crippen LogP contribution in [0.15, 0.2) is 74.3 Å². The Morgan fingerprint density at radius 1 is 1.03 bits per heavy atom. The zero-order valence-electron chi connectivity index (χ0n) is 18.9. The summed E-state index contributed by atoms with van der Waals surface area (Å²) in [6.45, 7) is 5.60. The summed E-state index contributed by atoms with van der Waals surface area (Å²) in [5.41, 5.74) is 4.68. The van der Waals surface area contributed by atoms with Crippen LogP contribution in [0.5, 0.6) is 0 Å². The molecule has 0 saturated carbocycles. The molecule has 0 fully saturated rings. The smallest absolute Gasteiger partial charge is 0.337 e. The first-order valence-electron chi connectivity index (χ1n) is 10.8. The predicted molar refractivity (Wildman–Crippen MR) is 130 cm³/mol. The molecular formula is C27H22N2O5. The molecule has 0 radical (unpaired) electrons. The van der Waals surface area contributed by atoms with E-state index in [1.54, 1.807) is 43.3 Å². The first-order chi connectivity index (χ1) is 16.3. The average molecular weight is 454 g/mol. The summed E-state index contributed by atoms with van der Waals surface area (Å²) in [5.74, 6) is -0.0357. The highest BCUT2D eigenvalue weighted by atomic mass is 16.4. The first-order valence-corrected chi connectivity index (χ1v) is 10.8. The predicted octanol–water partition coefficient (Wildman–Crippen LogP) is 6.09. The lowest BCUT2D eigenvalue weighted by Crippen LogP contribution is -2.12. The Labute approximate surface area is 194 Å². The van der Waals surface area contributed by atoms with Crippen LogP contribution in [0.3, 0.4) is 0 Å². The van der Waals surface area contributed by atoms with E-state index in [1.165, 1.54) is 6.07 Å². The molecule has 0 amide bonds. The van der Waals surface area contributed by atoms with Gasteiger partial charge in [0, 0.05) is 29.8 Å². The number of anilines is 1. The largest absolute Gasteiger partial charge is 0.478 e. The minimum absolute atomic E-state index is 0.157. The van der Waals surface area contributed by atoms with Crippen LogP contribution in [0.25, 0.3) is 33.4 Å². The summed E-state index contributed by atoms with van der Waals surface area (Å²) < 4.78 is 11.8. The molecule has 2 aromatic heterocycles. The molecule has 0 aliphatic rings. The topological polar surface area (TPSA) is 106 Å². The number of aryl methyl sites for hydroxylation is 2. The summed E-state index contributed by atoms with van der Waals surface area (Å²) in [6, 6.07) is 17.1. The molecule has 5 rings (SSSR count). The fraction of sp³-hybridized carbons (Fsp3) is 0.148. The molecule has 0 aliphatic heterocycles. The molecule has 1 unspecified atom stereocenters. The molecule has 2 heterocycles. The third kappa shape index (κ3) is 3.81. The molecule has 7 heteroatoms. The molecule has 0 aliphatic carbocycles. The number of nitrogens with one attached hydrogen (secondary N) is 1. The number of fused-ring (bicyclic) bond motifs is 2. The molecule has 3 aromatic carbocycles. The van der Waals surface area contributed by atoms with Crippen molar-refractivity contribution >= 4 is 33.7 Å². The molecule has 5 aromatic rings. The quantitative estimate of drug-likeness (QED) is 0.331. The summed E-state index contributed by atoms with van der Waals surface area (Å²) in [7, 11) is 0. The van der Waals surface area contributed by atoms with E-state index in [0.717, 1.165) is 11.1 Å². The number of aromatic nitrogens is 1. The molecular weight excluding hydrogens is 432 g/mol. The number of nitrogens with zero attached hydrogens (tertiary/aromatic N) is 1. The summed E-state index contributed by atoms with van der Waals surface area (Å²) in [5, 5.41) is 13.3. The van der Waals surface area contributed by atoms with Gasteiger partial charge in [-0.2, -0.15) is 0 Å². The molecule has 2 N–H and O–H groups in total. The van der Waals surface area contributed by atoms with Crippen molar-refractivity contribution in [2.24, 2.45) is 0 Å². The highest BCUT2D eigenvalue weighted by molar-refractivity contribution is 5.94. The molecule has 7 nitrogen and oxygen atoms in total. The highest BCUT2D eigenvalue weighted by Crippen LogP contribution is 2.32. The van der Waals surface area contributed by atoms with Crippen molar-refractivity contribution in [1.82, 2.24) is 4.98 Å². The summed E-state index contributed by atoms with van der Waals surface area (Å²) in [6.07, 6.45) is 0. The van der Waals surface area contributed by atoms with E-state index in [1.807, 2.05) is 32.0 Å². The first kappa shape index (κ1) is 21.5. The van der Waals surface area contributed by atoms with Gasteiger partial charge in [0.2, 0.25) is 0 Å². The Hall–Kier alpha value is -4.39. The molecule has 170 valence electrons. The molecule has 0 bridgehead atoms. The van der Waals surface area contributed by atoms with Gasteiger partial charge in [-0.05, 0) is 55.8 Å². The van der Waals surface area contributed by atoms with E-state index in [0.29, 0.717) is 45.0 Å². The van der Waals surface area contributed by atoms with Gasteiger partial charge in [-0.25, -0.2) is 9.78 Å². The van der Waals surface area contributed by atoms with Crippen molar-refractivity contribution in [3.05, 3.63) is 93.5 Å². The SMILES string of the molecule is Cc1cc(C(C)Nc2ccccc2C(=O)O)c2oc(-c3ccc4oc(C)nc4c3)cc(=O)c2c1. The van der Waals surface area contributed by atoms with Gasteiger partial charge in [-0.1, -0.05) is 18.2 Å². The Balaban J connectivity index is 1.64. The second-order valence-electron chi connectivity index (χ2n) is 8.34. The maximum absolute atomic E-state index is 13.1. The summed E-state index contributed by atoms with van der Waals surface area (Å²) >= 11 is 0. The fourth-order valence-electron chi connectivity index (χ4n) is 4.20. The van der Waals surface area contributed by atoms with Crippen molar-refractivity contribution < 1.29 is 18.7 Å². The van der Waals surface area contributed by atoms with Crippen molar-refractivity contribution in [1.29, 1.82) is 0 Å². The monoisotopic (exact) mass is 454 g/mol. The van der Waals surface area contributed by atoms with Crippen molar-refractivity contribution in [3.63, 3.8) is 0 Å². The van der Waals surface area contributed by atoms with Gasteiger partial charge in [-0.3, -0.25) is 4.79 Å². The zero-order chi connectivity index (χ0) is 24.0.